The van der Waals surface area contributed by atoms with E-state index in [0.717, 1.165) is 25.9 Å². The van der Waals surface area contributed by atoms with Crippen molar-refractivity contribution < 1.29 is 14.0 Å². The normalized spacial score (nSPS) is 17.8. The van der Waals surface area contributed by atoms with Crippen molar-refractivity contribution in [2.75, 3.05) is 32.7 Å². The van der Waals surface area contributed by atoms with Gasteiger partial charge in [0.15, 0.2) is 0 Å². The Balaban J connectivity index is 1.20. The molecule has 2 aromatic carbocycles. The first kappa shape index (κ1) is 23.3. The fourth-order valence-corrected chi connectivity index (χ4v) is 5.01. The number of benzene rings is 2. The molecule has 2 saturated heterocycles. The molecule has 0 bridgehead atoms. The van der Waals surface area contributed by atoms with Crippen molar-refractivity contribution >= 4 is 46.6 Å². The number of nitrogens with one attached hydrogen (secondary N) is 1. The van der Waals surface area contributed by atoms with Crippen molar-refractivity contribution in [3.05, 3.63) is 68.4 Å². The van der Waals surface area contributed by atoms with Gasteiger partial charge in [0, 0.05) is 51.9 Å². The zero-order chi connectivity index (χ0) is 22.8. The molecule has 0 aliphatic carbocycles. The van der Waals surface area contributed by atoms with E-state index in [1.54, 1.807) is 18.2 Å². The molecule has 9 heteroatoms. The maximum Gasteiger partial charge on any atom is 0.254 e. The summed E-state index contributed by atoms with van der Waals surface area (Å²) in [6.07, 6.45) is 1.91. The van der Waals surface area contributed by atoms with Crippen molar-refractivity contribution in [1.82, 2.24) is 15.1 Å². The van der Waals surface area contributed by atoms with Crippen LogP contribution in [0.4, 0.5) is 4.39 Å². The number of nitrogens with zero attached hydrogens (tertiary/aromatic N) is 2. The predicted molar refractivity (Wildman–Crippen MR) is 124 cm³/mol. The minimum absolute atomic E-state index is 0.0549. The number of carbonyl (C=O) groups is 2. The molecule has 5 nitrogen and oxygen atoms in total. The van der Waals surface area contributed by atoms with Crippen molar-refractivity contribution in [1.29, 1.82) is 0 Å². The molecular formula is C23H23Cl3FN3O2. The molecule has 2 amide bonds. The van der Waals surface area contributed by atoms with Crippen LogP contribution in [0.3, 0.4) is 0 Å². The van der Waals surface area contributed by atoms with Gasteiger partial charge in [-0.25, -0.2) is 4.39 Å². The number of rotatable bonds is 5. The van der Waals surface area contributed by atoms with Gasteiger partial charge in [0.2, 0.25) is 0 Å². The van der Waals surface area contributed by atoms with Gasteiger partial charge in [-0.3, -0.25) is 14.5 Å². The molecule has 0 aromatic heterocycles. The zero-order valence-electron chi connectivity index (χ0n) is 17.3. The summed E-state index contributed by atoms with van der Waals surface area (Å²) in [5, 5.41) is 3.99. The van der Waals surface area contributed by atoms with Crippen LogP contribution in [0, 0.1) is 11.7 Å². The van der Waals surface area contributed by atoms with E-state index in [4.69, 9.17) is 34.8 Å². The summed E-state index contributed by atoms with van der Waals surface area (Å²) >= 11 is 17.8. The molecular weight excluding hydrogens is 476 g/mol. The monoisotopic (exact) mass is 497 g/mol. The molecule has 1 N–H and O–H groups in total. The Hall–Kier alpha value is -1.86. The lowest BCUT2D eigenvalue weighted by molar-refractivity contribution is 0.0146. The largest absolute Gasteiger partial charge is 0.352 e. The molecule has 170 valence electrons. The SMILES string of the molecule is O=C(NCC1CCN(C2CN(C(=O)c3cc(Cl)cc(Cl)c3)C2)CC1)c1cc(F)cc(Cl)c1. The van der Waals surface area contributed by atoms with E-state index in [1.165, 1.54) is 18.2 Å². The first-order valence-electron chi connectivity index (χ1n) is 10.5. The van der Waals surface area contributed by atoms with E-state index >= 15 is 0 Å². The zero-order valence-corrected chi connectivity index (χ0v) is 19.6. The number of hydrogen-bond donors (Lipinski definition) is 1. The van der Waals surface area contributed by atoms with Crippen LogP contribution in [-0.2, 0) is 0 Å². The quantitative estimate of drug-likeness (QED) is 0.647. The first-order chi connectivity index (χ1) is 15.3. The highest BCUT2D eigenvalue weighted by Gasteiger charge is 2.36. The van der Waals surface area contributed by atoms with Crippen molar-refractivity contribution in [3.8, 4) is 0 Å². The summed E-state index contributed by atoms with van der Waals surface area (Å²) in [6, 6.07) is 9.06. The molecule has 2 heterocycles. The Bertz CT molecular complexity index is 981. The third kappa shape index (κ3) is 5.54. The highest BCUT2D eigenvalue weighted by atomic mass is 35.5. The van der Waals surface area contributed by atoms with Crippen LogP contribution in [0.2, 0.25) is 15.1 Å². The summed E-state index contributed by atoms with van der Waals surface area (Å²) in [5.74, 6) is -0.531. The number of carbonyl (C=O) groups excluding carboxylic acids is 2. The van der Waals surface area contributed by atoms with E-state index in [9.17, 15) is 14.0 Å². The van der Waals surface area contributed by atoms with Gasteiger partial charge in [0.05, 0.1) is 0 Å². The van der Waals surface area contributed by atoms with Gasteiger partial charge in [0.25, 0.3) is 11.8 Å². The van der Waals surface area contributed by atoms with Crippen LogP contribution < -0.4 is 5.32 Å². The maximum absolute atomic E-state index is 13.4. The molecule has 0 unspecified atom stereocenters. The molecule has 2 fully saturated rings. The topological polar surface area (TPSA) is 52.7 Å². The van der Waals surface area contributed by atoms with E-state index in [2.05, 4.69) is 10.2 Å². The number of halogens is 4. The van der Waals surface area contributed by atoms with Crippen LogP contribution in [0.5, 0.6) is 0 Å². The number of piperidine rings is 1. The molecule has 4 rings (SSSR count). The Morgan fingerprint density at radius 1 is 0.906 bits per heavy atom. The van der Waals surface area contributed by atoms with Gasteiger partial charge < -0.3 is 10.2 Å². The number of amides is 2. The average Bonchev–Trinajstić information content (AvgIpc) is 2.70. The Morgan fingerprint density at radius 3 is 2.12 bits per heavy atom. The smallest absolute Gasteiger partial charge is 0.254 e. The van der Waals surface area contributed by atoms with E-state index in [1.807, 2.05) is 4.90 Å². The summed E-state index contributed by atoms with van der Waals surface area (Å²) in [7, 11) is 0. The van der Waals surface area contributed by atoms with Crippen LogP contribution in [0.15, 0.2) is 36.4 Å². The minimum atomic E-state index is -0.526. The van der Waals surface area contributed by atoms with Crippen LogP contribution in [0.25, 0.3) is 0 Å². The van der Waals surface area contributed by atoms with Crippen molar-refractivity contribution in [3.63, 3.8) is 0 Å². The number of likely N-dealkylation sites (tertiary alicyclic amines) is 2. The van der Waals surface area contributed by atoms with Crippen LogP contribution in [0.1, 0.15) is 33.6 Å². The molecule has 0 atom stereocenters. The molecule has 2 aliphatic rings. The fourth-order valence-electron chi connectivity index (χ4n) is 4.26. The lowest BCUT2D eigenvalue weighted by atomic mass is 9.93. The van der Waals surface area contributed by atoms with Gasteiger partial charge in [0.1, 0.15) is 5.82 Å². The maximum atomic E-state index is 13.4. The fraction of sp³-hybridized carbons (Fsp3) is 0.391. The Kier molecular flexibility index (Phi) is 7.25. The van der Waals surface area contributed by atoms with Crippen LogP contribution >= 0.6 is 34.8 Å². The van der Waals surface area contributed by atoms with Gasteiger partial charge in [-0.05, 0) is 68.2 Å². The van der Waals surface area contributed by atoms with Crippen molar-refractivity contribution in [2.24, 2.45) is 5.92 Å². The second-order valence-electron chi connectivity index (χ2n) is 8.37. The van der Waals surface area contributed by atoms with Crippen LogP contribution in [-0.4, -0.2) is 60.4 Å². The Labute approximate surface area is 201 Å². The highest BCUT2D eigenvalue weighted by molar-refractivity contribution is 6.35. The van der Waals surface area contributed by atoms with E-state index in [-0.39, 0.29) is 22.4 Å². The first-order valence-corrected chi connectivity index (χ1v) is 11.7. The standard InChI is InChI=1S/C23H23Cl3FN3O2/c24-17-6-16(7-18(25)9-17)23(32)30-12-21(13-30)29-3-1-14(2-4-29)11-28-22(31)15-5-19(26)10-20(27)8-15/h5-10,14,21H,1-4,11-13H2,(H,28,31). The Morgan fingerprint density at radius 2 is 1.50 bits per heavy atom. The van der Waals surface area contributed by atoms with E-state index in [0.29, 0.717) is 47.2 Å². The molecule has 32 heavy (non-hydrogen) atoms. The van der Waals surface area contributed by atoms with Crippen molar-refractivity contribution in [2.45, 2.75) is 18.9 Å². The second kappa shape index (κ2) is 9.96. The molecule has 0 spiro atoms. The molecule has 0 radical (unpaired) electrons. The predicted octanol–water partition coefficient (Wildman–Crippen LogP) is 4.75. The van der Waals surface area contributed by atoms with Gasteiger partial charge >= 0.3 is 0 Å². The third-order valence-corrected chi connectivity index (χ3v) is 6.76. The molecule has 2 aliphatic heterocycles. The third-order valence-electron chi connectivity index (χ3n) is 6.10. The summed E-state index contributed by atoms with van der Waals surface area (Å²) in [5.41, 5.74) is 0.739. The molecule has 2 aromatic rings. The molecule has 0 saturated carbocycles. The summed E-state index contributed by atoms with van der Waals surface area (Å²) in [4.78, 5) is 29.1. The minimum Gasteiger partial charge on any atom is -0.352 e. The van der Waals surface area contributed by atoms with Gasteiger partial charge in [-0.2, -0.15) is 0 Å². The highest BCUT2D eigenvalue weighted by Crippen LogP contribution is 2.26. The van der Waals surface area contributed by atoms with E-state index < -0.39 is 5.82 Å². The lowest BCUT2D eigenvalue weighted by Gasteiger charge is -2.47. The summed E-state index contributed by atoms with van der Waals surface area (Å²) < 4.78 is 13.4. The summed E-state index contributed by atoms with van der Waals surface area (Å²) in [6.45, 7) is 3.76. The average molecular weight is 499 g/mol. The van der Waals surface area contributed by atoms with Gasteiger partial charge in [-0.15, -0.1) is 0 Å². The number of hydrogen-bond acceptors (Lipinski definition) is 3. The van der Waals surface area contributed by atoms with Gasteiger partial charge in [-0.1, -0.05) is 34.8 Å². The second-order valence-corrected chi connectivity index (χ2v) is 9.68. The lowest BCUT2D eigenvalue weighted by Crippen LogP contribution is -2.62.